The van der Waals surface area contributed by atoms with Crippen LogP contribution < -0.4 is 14.9 Å². The van der Waals surface area contributed by atoms with Crippen LogP contribution in [0.2, 0.25) is 5.02 Å². The number of benzene rings is 5. The molecular weight excluding hydrogens is 720 g/mol. The maximum Gasteiger partial charge on any atom is 0.264 e. The van der Waals surface area contributed by atoms with Crippen LogP contribution in [0.5, 0.6) is 0 Å². The SMILES string of the molecule is CCC[C@H](CSc1ccccc1)Nc1ccc(S(=O)(=O)NC(=O)c2ccc(N3CCN(Cc4ccccc4-c4ccc(Cl)cc4)CC3)cc2)c(C)c1C. The Morgan fingerprint density at radius 1 is 0.811 bits per heavy atom. The normalized spacial score (nSPS) is 14.2. The van der Waals surface area contributed by atoms with E-state index in [1.807, 2.05) is 55.5 Å². The van der Waals surface area contributed by atoms with Gasteiger partial charge in [-0.1, -0.05) is 79.5 Å². The summed E-state index contributed by atoms with van der Waals surface area (Å²) in [6.45, 7) is 10.2. The van der Waals surface area contributed by atoms with Crippen molar-refractivity contribution in [3.8, 4) is 11.1 Å². The molecule has 1 aliphatic rings. The molecular formula is C43H47ClN4O3S2. The van der Waals surface area contributed by atoms with Crippen LogP contribution in [0.25, 0.3) is 11.1 Å². The lowest BCUT2D eigenvalue weighted by atomic mass is 9.99. The molecule has 6 rings (SSSR count). The average Bonchev–Trinajstić information content (AvgIpc) is 3.17. The molecule has 1 saturated heterocycles. The molecule has 0 spiro atoms. The second kappa shape index (κ2) is 17.7. The molecule has 0 bridgehead atoms. The topological polar surface area (TPSA) is 81.8 Å². The van der Waals surface area contributed by atoms with Crippen molar-refractivity contribution in [3.05, 3.63) is 143 Å². The van der Waals surface area contributed by atoms with Gasteiger partial charge in [-0.3, -0.25) is 9.69 Å². The Hall–Kier alpha value is -4.28. The number of carbonyl (C=O) groups excluding carboxylic acids is 1. The first-order valence-electron chi connectivity index (χ1n) is 18.1. The Bertz CT molecular complexity index is 2100. The smallest absolute Gasteiger partial charge is 0.264 e. The summed E-state index contributed by atoms with van der Waals surface area (Å²) in [5, 5.41) is 4.37. The Morgan fingerprint density at radius 2 is 1.49 bits per heavy atom. The molecule has 1 amide bonds. The summed E-state index contributed by atoms with van der Waals surface area (Å²) in [5.41, 5.74) is 7.31. The zero-order chi connectivity index (χ0) is 37.4. The fourth-order valence-corrected chi connectivity index (χ4v) is 9.15. The number of nitrogens with one attached hydrogen (secondary N) is 2. The van der Waals surface area contributed by atoms with Crippen LogP contribution >= 0.6 is 23.4 Å². The van der Waals surface area contributed by atoms with E-state index >= 15 is 0 Å². The Labute approximate surface area is 323 Å². The van der Waals surface area contributed by atoms with E-state index in [-0.39, 0.29) is 10.9 Å². The molecule has 1 aliphatic heterocycles. The van der Waals surface area contributed by atoms with Crippen LogP contribution in [0.3, 0.4) is 0 Å². The largest absolute Gasteiger partial charge is 0.381 e. The molecule has 1 heterocycles. The van der Waals surface area contributed by atoms with Gasteiger partial charge in [-0.2, -0.15) is 0 Å². The number of carbonyl (C=O) groups is 1. The molecule has 0 radical (unpaired) electrons. The molecule has 0 aliphatic carbocycles. The van der Waals surface area contributed by atoms with E-state index in [0.29, 0.717) is 11.1 Å². The van der Waals surface area contributed by atoms with Gasteiger partial charge in [-0.25, -0.2) is 13.1 Å². The first kappa shape index (κ1) is 38.4. The average molecular weight is 767 g/mol. The van der Waals surface area contributed by atoms with Crippen molar-refractivity contribution in [2.24, 2.45) is 0 Å². The molecule has 1 fully saturated rings. The van der Waals surface area contributed by atoms with E-state index in [9.17, 15) is 13.2 Å². The highest BCUT2D eigenvalue weighted by Crippen LogP contribution is 2.30. The minimum Gasteiger partial charge on any atom is -0.381 e. The fraction of sp³-hybridized carbons (Fsp3) is 0.279. The third-order valence-electron chi connectivity index (χ3n) is 9.88. The maximum absolute atomic E-state index is 13.5. The Morgan fingerprint density at radius 3 is 2.19 bits per heavy atom. The van der Waals surface area contributed by atoms with Gasteiger partial charge in [-0.15, -0.1) is 11.8 Å². The molecule has 1 atom stereocenters. The number of rotatable bonds is 14. The maximum atomic E-state index is 13.5. The monoisotopic (exact) mass is 766 g/mol. The summed E-state index contributed by atoms with van der Waals surface area (Å²) in [4.78, 5) is 19.3. The molecule has 7 nitrogen and oxygen atoms in total. The Balaban J connectivity index is 1.04. The van der Waals surface area contributed by atoms with Crippen LogP contribution in [0, 0.1) is 13.8 Å². The molecule has 0 saturated carbocycles. The van der Waals surface area contributed by atoms with Gasteiger partial charge in [0.05, 0.1) is 4.90 Å². The molecule has 276 valence electrons. The van der Waals surface area contributed by atoms with Gasteiger partial charge in [0.25, 0.3) is 15.9 Å². The first-order chi connectivity index (χ1) is 25.6. The molecule has 53 heavy (non-hydrogen) atoms. The number of amides is 1. The van der Waals surface area contributed by atoms with Crippen molar-refractivity contribution < 1.29 is 13.2 Å². The number of sulfonamides is 1. The summed E-state index contributed by atoms with van der Waals surface area (Å²) >= 11 is 7.93. The van der Waals surface area contributed by atoms with Crippen LogP contribution in [0.1, 0.15) is 46.8 Å². The van der Waals surface area contributed by atoms with Crippen LogP contribution in [0.4, 0.5) is 11.4 Å². The van der Waals surface area contributed by atoms with Crippen LogP contribution in [-0.4, -0.2) is 57.2 Å². The highest BCUT2D eigenvalue weighted by atomic mass is 35.5. The number of halogens is 1. The minimum absolute atomic E-state index is 0.102. The van der Waals surface area contributed by atoms with E-state index in [1.165, 1.54) is 16.0 Å². The third-order valence-corrected chi connectivity index (χ3v) is 12.8. The summed E-state index contributed by atoms with van der Waals surface area (Å²) in [5.74, 6) is 0.239. The van der Waals surface area contributed by atoms with Crippen molar-refractivity contribution in [2.75, 3.05) is 42.1 Å². The zero-order valence-electron chi connectivity index (χ0n) is 30.5. The number of piperazine rings is 1. The summed E-state index contributed by atoms with van der Waals surface area (Å²) in [6, 6.07) is 37.6. The summed E-state index contributed by atoms with van der Waals surface area (Å²) in [7, 11) is -4.10. The summed E-state index contributed by atoms with van der Waals surface area (Å²) in [6.07, 6.45) is 2.02. The van der Waals surface area contributed by atoms with Gasteiger partial charge in [0, 0.05) is 71.4 Å². The molecule has 5 aromatic carbocycles. The van der Waals surface area contributed by atoms with E-state index in [4.69, 9.17) is 11.6 Å². The highest BCUT2D eigenvalue weighted by Gasteiger charge is 2.24. The van der Waals surface area contributed by atoms with E-state index in [1.54, 1.807) is 36.9 Å². The lowest BCUT2D eigenvalue weighted by Crippen LogP contribution is -2.46. The molecule has 10 heteroatoms. The van der Waals surface area contributed by atoms with Gasteiger partial charge in [0.15, 0.2) is 0 Å². The quantitative estimate of drug-likeness (QED) is 0.109. The van der Waals surface area contributed by atoms with E-state index in [0.717, 1.165) is 78.8 Å². The second-order valence-corrected chi connectivity index (χ2v) is 16.7. The van der Waals surface area contributed by atoms with Crippen molar-refractivity contribution in [2.45, 2.75) is 56.0 Å². The van der Waals surface area contributed by atoms with Crippen molar-refractivity contribution in [1.82, 2.24) is 9.62 Å². The standard InChI is InChI=1S/C43H47ClN4O3S2/c1-4-10-37(30-52-39-12-6-5-7-13-39)45-41-23-24-42(32(3)31(41)2)53(50,51)46-43(49)34-17-21-38(22-18-34)48-27-25-47(26-28-48)29-35-11-8-9-14-40(35)33-15-19-36(44)20-16-33/h5-9,11-24,37,45H,4,10,25-30H2,1-3H3,(H,46,49)/t37-/m1/s1. The highest BCUT2D eigenvalue weighted by molar-refractivity contribution is 7.99. The first-order valence-corrected chi connectivity index (χ1v) is 21.0. The number of thioether (sulfide) groups is 1. The molecule has 0 unspecified atom stereocenters. The van der Waals surface area contributed by atoms with Gasteiger partial charge in [-0.05, 0) is 109 Å². The third kappa shape index (κ3) is 9.83. The zero-order valence-corrected chi connectivity index (χ0v) is 32.9. The van der Waals surface area contributed by atoms with Gasteiger partial charge in [0.2, 0.25) is 0 Å². The van der Waals surface area contributed by atoms with Crippen molar-refractivity contribution in [1.29, 1.82) is 0 Å². The van der Waals surface area contributed by atoms with E-state index < -0.39 is 15.9 Å². The van der Waals surface area contributed by atoms with Gasteiger partial charge in [0.1, 0.15) is 0 Å². The van der Waals surface area contributed by atoms with E-state index in [2.05, 4.69) is 75.3 Å². The number of anilines is 2. The Kier molecular flexibility index (Phi) is 12.8. The number of hydrogen-bond donors (Lipinski definition) is 2. The summed E-state index contributed by atoms with van der Waals surface area (Å²) < 4.78 is 29.3. The number of hydrogen-bond acceptors (Lipinski definition) is 7. The second-order valence-electron chi connectivity index (χ2n) is 13.5. The molecule has 5 aromatic rings. The van der Waals surface area contributed by atoms with Crippen molar-refractivity contribution >= 4 is 50.7 Å². The molecule has 0 aromatic heterocycles. The van der Waals surface area contributed by atoms with Crippen LogP contribution in [0.15, 0.2) is 125 Å². The number of nitrogens with zero attached hydrogens (tertiary/aromatic N) is 2. The van der Waals surface area contributed by atoms with Crippen LogP contribution in [-0.2, 0) is 16.6 Å². The predicted molar refractivity (Wildman–Crippen MR) is 221 cm³/mol. The lowest BCUT2D eigenvalue weighted by Gasteiger charge is -2.36. The minimum atomic E-state index is -4.10. The predicted octanol–water partition coefficient (Wildman–Crippen LogP) is 9.44. The fourth-order valence-electron chi connectivity index (χ4n) is 6.76. The molecule has 2 N–H and O–H groups in total. The lowest BCUT2D eigenvalue weighted by molar-refractivity contribution is 0.0981. The van der Waals surface area contributed by atoms with Gasteiger partial charge < -0.3 is 10.2 Å². The van der Waals surface area contributed by atoms with Gasteiger partial charge >= 0.3 is 0 Å². The van der Waals surface area contributed by atoms with Crippen molar-refractivity contribution in [3.63, 3.8) is 0 Å².